The summed E-state index contributed by atoms with van der Waals surface area (Å²) in [5.41, 5.74) is 1.46. The minimum atomic E-state index is -0.453. The highest BCUT2D eigenvalue weighted by molar-refractivity contribution is 8.18. The van der Waals surface area contributed by atoms with Crippen molar-refractivity contribution in [1.29, 1.82) is 0 Å². The number of imide groups is 1. The van der Waals surface area contributed by atoms with Gasteiger partial charge < -0.3 is 4.74 Å². The van der Waals surface area contributed by atoms with E-state index in [-0.39, 0.29) is 30.0 Å². The summed E-state index contributed by atoms with van der Waals surface area (Å²) in [4.78, 5) is 36.8. The van der Waals surface area contributed by atoms with Gasteiger partial charge in [-0.15, -0.1) is 6.58 Å². The summed E-state index contributed by atoms with van der Waals surface area (Å²) < 4.78 is 6.03. The second-order valence-electron chi connectivity index (χ2n) is 6.99. The van der Waals surface area contributed by atoms with Crippen LogP contribution in [0.15, 0.2) is 78.2 Å². The number of benzene rings is 3. The van der Waals surface area contributed by atoms with Gasteiger partial charge in [-0.05, 0) is 52.4 Å². The van der Waals surface area contributed by atoms with Crippen LogP contribution in [0.5, 0.6) is 5.75 Å². The van der Waals surface area contributed by atoms with Gasteiger partial charge in [0, 0.05) is 24.2 Å². The molecule has 2 amide bonds. The molecule has 0 N–H and O–H groups in total. The van der Waals surface area contributed by atoms with Gasteiger partial charge >= 0.3 is 0 Å². The van der Waals surface area contributed by atoms with Crippen molar-refractivity contribution in [2.75, 3.05) is 6.54 Å². The SMILES string of the molecule is C=CCN1C(=O)S/C(=C/c2c(OCc3ccc([N+](=O)[O-])cc3)ccc3ccccc23)C1=O. The largest absolute Gasteiger partial charge is 0.488 e. The van der Waals surface area contributed by atoms with Crippen molar-refractivity contribution >= 4 is 45.4 Å². The summed E-state index contributed by atoms with van der Waals surface area (Å²) in [7, 11) is 0. The number of nitro benzene ring substituents is 1. The van der Waals surface area contributed by atoms with Crippen LogP contribution in [0, 0.1) is 10.1 Å². The van der Waals surface area contributed by atoms with Gasteiger partial charge in [0.2, 0.25) is 0 Å². The number of hydrogen-bond donors (Lipinski definition) is 0. The molecule has 0 atom stereocenters. The van der Waals surface area contributed by atoms with Gasteiger partial charge in [0.15, 0.2) is 0 Å². The minimum absolute atomic E-state index is 0.00962. The summed E-state index contributed by atoms with van der Waals surface area (Å²) in [5, 5.41) is 12.4. The van der Waals surface area contributed by atoms with Crippen molar-refractivity contribution in [1.82, 2.24) is 4.90 Å². The maximum atomic E-state index is 12.7. The fourth-order valence-electron chi connectivity index (χ4n) is 3.34. The molecule has 1 heterocycles. The van der Waals surface area contributed by atoms with Crippen LogP contribution in [0.4, 0.5) is 10.5 Å². The predicted molar refractivity (Wildman–Crippen MR) is 124 cm³/mol. The first-order chi connectivity index (χ1) is 15.5. The number of hydrogen-bond acceptors (Lipinski definition) is 6. The molecular formula is C24H18N2O5S. The summed E-state index contributed by atoms with van der Waals surface area (Å²) in [6.07, 6.45) is 3.19. The first-order valence-corrected chi connectivity index (χ1v) is 10.5. The monoisotopic (exact) mass is 446 g/mol. The molecule has 160 valence electrons. The Bertz CT molecular complexity index is 1270. The van der Waals surface area contributed by atoms with E-state index < -0.39 is 4.92 Å². The molecule has 0 saturated carbocycles. The number of nitrogens with zero attached hydrogens (tertiary/aromatic N) is 2. The van der Waals surface area contributed by atoms with Crippen LogP contribution in [0.25, 0.3) is 16.8 Å². The Labute approximate surface area is 188 Å². The van der Waals surface area contributed by atoms with E-state index >= 15 is 0 Å². The molecule has 1 fully saturated rings. The van der Waals surface area contributed by atoms with Gasteiger partial charge in [-0.2, -0.15) is 0 Å². The van der Waals surface area contributed by atoms with Crippen LogP contribution < -0.4 is 4.74 Å². The molecule has 0 radical (unpaired) electrons. The average Bonchev–Trinajstić information content (AvgIpc) is 3.06. The molecular weight excluding hydrogens is 428 g/mol. The molecule has 3 aromatic carbocycles. The van der Waals surface area contributed by atoms with Crippen LogP contribution >= 0.6 is 11.8 Å². The second-order valence-corrected chi connectivity index (χ2v) is 7.98. The lowest BCUT2D eigenvalue weighted by atomic mass is 10.0. The van der Waals surface area contributed by atoms with Crippen molar-refractivity contribution in [2.45, 2.75) is 6.61 Å². The van der Waals surface area contributed by atoms with E-state index in [1.807, 2.05) is 36.4 Å². The van der Waals surface area contributed by atoms with Gasteiger partial charge in [0.25, 0.3) is 16.8 Å². The molecule has 0 unspecified atom stereocenters. The van der Waals surface area contributed by atoms with Crippen molar-refractivity contribution in [3.63, 3.8) is 0 Å². The molecule has 1 saturated heterocycles. The maximum Gasteiger partial charge on any atom is 0.293 e. The fraction of sp³-hybridized carbons (Fsp3) is 0.0833. The van der Waals surface area contributed by atoms with Gasteiger partial charge in [0.1, 0.15) is 12.4 Å². The quantitative estimate of drug-likeness (QED) is 0.205. The number of rotatable bonds is 7. The summed E-state index contributed by atoms with van der Waals surface area (Å²) in [6.45, 7) is 3.94. The Morgan fingerprint density at radius 1 is 1.06 bits per heavy atom. The lowest BCUT2D eigenvalue weighted by Gasteiger charge is -2.13. The van der Waals surface area contributed by atoms with Crippen LogP contribution in [-0.2, 0) is 11.4 Å². The fourth-order valence-corrected chi connectivity index (χ4v) is 4.17. The summed E-state index contributed by atoms with van der Waals surface area (Å²) >= 11 is 0.884. The maximum absolute atomic E-state index is 12.7. The third-order valence-corrected chi connectivity index (χ3v) is 5.84. The summed E-state index contributed by atoms with van der Waals surface area (Å²) in [6, 6.07) is 17.5. The van der Waals surface area contributed by atoms with Gasteiger partial charge in [-0.25, -0.2) is 0 Å². The molecule has 0 bridgehead atoms. The third kappa shape index (κ3) is 4.26. The average molecular weight is 446 g/mol. The molecule has 7 nitrogen and oxygen atoms in total. The van der Waals surface area contributed by atoms with Crippen LogP contribution in [-0.4, -0.2) is 27.5 Å². The van der Waals surface area contributed by atoms with E-state index in [0.717, 1.165) is 33.0 Å². The van der Waals surface area contributed by atoms with Crippen molar-refractivity contribution in [3.8, 4) is 5.75 Å². The van der Waals surface area contributed by atoms with Crippen molar-refractivity contribution in [3.05, 3.63) is 99.5 Å². The Kier molecular flexibility index (Phi) is 6.04. The Balaban J connectivity index is 1.69. The highest BCUT2D eigenvalue weighted by Gasteiger charge is 2.34. The number of carbonyl (C=O) groups excluding carboxylic acids is 2. The van der Waals surface area contributed by atoms with Crippen LogP contribution in [0.2, 0.25) is 0 Å². The highest BCUT2D eigenvalue weighted by atomic mass is 32.2. The van der Waals surface area contributed by atoms with Crippen LogP contribution in [0.3, 0.4) is 0 Å². The molecule has 4 rings (SSSR count). The lowest BCUT2D eigenvalue weighted by molar-refractivity contribution is -0.384. The zero-order chi connectivity index (χ0) is 22.7. The van der Waals surface area contributed by atoms with E-state index in [1.165, 1.54) is 18.2 Å². The number of ether oxygens (including phenoxy) is 1. The second kappa shape index (κ2) is 9.07. The van der Waals surface area contributed by atoms with Crippen molar-refractivity contribution in [2.24, 2.45) is 0 Å². The topological polar surface area (TPSA) is 89.8 Å². The zero-order valence-corrected chi connectivity index (χ0v) is 17.7. The third-order valence-electron chi connectivity index (χ3n) is 4.93. The normalized spacial score (nSPS) is 14.9. The van der Waals surface area contributed by atoms with E-state index in [9.17, 15) is 19.7 Å². The van der Waals surface area contributed by atoms with Gasteiger partial charge in [0.05, 0.1) is 9.83 Å². The number of amides is 2. The number of thioether (sulfide) groups is 1. The standard InChI is InChI=1S/C24H18N2O5S/c1-2-13-25-23(27)22(32-24(25)28)14-20-19-6-4-3-5-17(19)9-12-21(20)31-15-16-7-10-18(11-8-16)26(29)30/h2-12,14H,1,13,15H2/b22-14+. The lowest BCUT2D eigenvalue weighted by Crippen LogP contribution is -2.27. The summed E-state index contributed by atoms with van der Waals surface area (Å²) in [5.74, 6) is 0.173. The first-order valence-electron chi connectivity index (χ1n) is 9.72. The Morgan fingerprint density at radius 2 is 1.81 bits per heavy atom. The van der Waals surface area contributed by atoms with Crippen LogP contribution in [0.1, 0.15) is 11.1 Å². The number of nitro groups is 1. The van der Waals surface area contributed by atoms with Gasteiger partial charge in [-0.3, -0.25) is 24.6 Å². The molecule has 32 heavy (non-hydrogen) atoms. The molecule has 8 heteroatoms. The van der Waals surface area contributed by atoms with Crippen molar-refractivity contribution < 1.29 is 19.2 Å². The molecule has 3 aromatic rings. The molecule has 0 aromatic heterocycles. The molecule has 0 aliphatic carbocycles. The van der Waals surface area contributed by atoms with E-state index in [2.05, 4.69) is 6.58 Å². The minimum Gasteiger partial charge on any atom is -0.488 e. The van der Waals surface area contributed by atoms with E-state index in [0.29, 0.717) is 16.2 Å². The van der Waals surface area contributed by atoms with E-state index in [4.69, 9.17) is 4.74 Å². The molecule has 1 aliphatic rings. The Hall–Kier alpha value is -3.91. The highest BCUT2D eigenvalue weighted by Crippen LogP contribution is 2.37. The van der Waals surface area contributed by atoms with E-state index in [1.54, 1.807) is 18.2 Å². The smallest absolute Gasteiger partial charge is 0.293 e. The predicted octanol–water partition coefficient (Wildman–Crippen LogP) is 5.55. The number of non-ortho nitro benzene ring substituents is 1. The molecule has 0 spiro atoms. The zero-order valence-electron chi connectivity index (χ0n) is 16.9. The Morgan fingerprint density at radius 3 is 2.53 bits per heavy atom. The first kappa shape index (κ1) is 21.3. The molecule has 1 aliphatic heterocycles. The number of fused-ring (bicyclic) bond motifs is 1. The number of carbonyl (C=O) groups is 2. The van der Waals surface area contributed by atoms with Gasteiger partial charge in [-0.1, -0.05) is 36.4 Å².